The number of hydrogen-bond donors (Lipinski definition) is 1. The first-order valence-corrected chi connectivity index (χ1v) is 8.42. The topological polar surface area (TPSA) is 40.5 Å². The van der Waals surface area contributed by atoms with Gasteiger partial charge in [0.15, 0.2) is 0 Å². The minimum atomic E-state index is -0.229. The number of aryl methyl sites for hydroxylation is 1. The number of halogens is 1. The van der Waals surface area contributed by atoms with Crippen molar-refractivity contribution in [2.75, 3.05) is 34.2 Å². The Labute approximate surface area is 142 Å². The lowest BCUT2D eigenvalue weighted by atomic mass is 10.0. The van der Waals surface area contributed by atoms with Crippen molar-refractivity contribution in [3.63, 3.8) is 0 Å². The number of nitrogens with one attached hydrogen (secondary N) is 1. The van der Waals surface area contributed by atoms with Crippen LogP contribution in [0.5, 0.6) is 0 Å². The van der Waals surface area contributed by atoms with Crippen LogP contribution >= 0.6 is 0 Å². The van der Waals surface area contributed by atoms with E-state index in [0.29, 0.717) is 13.1 Å². The minimum absolute atomic E-state index is 0.0782. The largest absolute Gasteiger partial charge is 0.344 e. The maximum Gasteiger partial charge on any atom is 0.317 e. The number of nitrogens with zero attached hydrogens (tertiary/aromatic N) is 3. The van der Waals surface area contributed by atoms with Gasteiger partial charge in [0.1, 0.15) is 5.82 Å². The first-order valence-electron chi connectivity index (χ1n) is 8.42. The molecule has 0 fully saturated rings. The summed E-state index contributed by atoms with van der Waals surface area (Å²) in [7, 11) is 5.78. The Morgan fingerprint density at radius 2 is 2.17 bits per heavy atom. The highest BCUT2D eigenvalue weighted by Gasteiger charge is 2.26. The van der Waals surface area contributed by atoms with E-state index in [4.69, 9.17) is 0 Å². The van der Waals surface area contributed by atoms with Crippen molar-refractivity contribution in [2.24, 2.45) is 0 Å². The molecule has 0 aliphatic carbocycles. The molecular formula is C18H25FN4O. The fraction of sp³-hybridized carbons (Fsp3) is 0.500. The van der Waals surface area contributed by atoms with Gasteiger partial charge < -0.3 is 19.7 Å². The molecule has 0 radical (unpaired) electrons. The van der Waals surface area contributed by atoms with Crippen molar-refractivity contribution in [1.82, 2.24) is 19.7 Å². The van der Waals surface area contributed by atoms with Gasteiger partial charge in [0.05, 0.1) is 0 Å². The molecule has 0 unspecified atom stereocenters. The molecule has 3 rings (SSSR count). The van der Waals surface area contributed by atoms with Gasteiger partial charge in [-0.25, -0.2) is 9.18 Å². The van der Waals surface area contributed by atoms with E-state index in [2.05, 4.69) is 28.9 Å². The van der Waals surface area contributed by atoms with Crippen molar-refractivity contribution < 1.29 is 9.18 Å². The molecule has 6 heteroatoms. The summed E-state index contributed by atoms with van der Waals surface area (Å²) in [5.74, 6) is -0.229. The van der Waals surface area contributed by atoms with Crippen LogP contribution < -0.4 is 5.32 Å². The van der Waals surface area contributed by atoms with Gasteiger partial charge in [-0.05, 0) is 45.3 Å². The molecule has 5 nitrogen and oxygen atoms in total. The molecular weight excluding hydrogens is 307 g/mol. The number of carbonyl (C=O) groups excluding carboxylic acids is 1. The minimum Gasteiger partial charge on any atom is -0.344 e. The summed E-state index contributed by atoms with van der Waals surface area (Å²) in [4.78, 5) is 15.9. The number of hydrogen-bond acceptors (Lipinski definition) is 2. The average Bonchev–Trinajstić information content (AvgIpc) is 2.86. The number of carbonyl (C=O) groups is 1. The van der Waals surface area contributed by atoms with Crippen LogP contribution in [0, 0.1) is 5.82 Å². The first-order chi connectivity index (χ1) is 11.5. The van der Waals surface area contributed by atoms with Crippen molar-refractivity contribution in [3.8, 4) is 0 Å². The summed E-state index contributed by atoms with van der Waals surface area (Å²) in [5, 5.41) is 3.61. The smallest absolute Gasteiger partial charge is 0.317 e. The maximum atomic E-state index is 13.8. The number of amides is 2. The molecule has 0 spiro atoms. The van der Waals surface area contributed by atoms with E-state index in [1.807, 2.05) is 6.07 Å². The normalized spacial score (nSPS) is 14.3. The second-order valence-corrected chi connectivity index (χ2v) is 6.62. The zero-order valence-electron chi connectivity index (χ0n) is 14.6. The Morgan fingerprint density at radius 3 is 2.88 bits per heavy atom. The van der Waals surface area contributed by atoms with Crippen LogP contribution in [0.2, 0.25) is 0 Å². The van der Waals surface area contributed by atoms with Gasteiger partial charge in [0.25, 0.3) is 0 Å². The SMILES string of the molecule is CNC(=O)N1CCc2c(c3cc(F)ccc3n2CCCN(C)C)C1. The van der Waals surface area contributed by atoms with Gasteiger partial charge in [-0.3, -0.25) is 0 Å². The van der Waals surface area contributed by atoms with Gasteiger partial charge in [-0.2, -0.15) is 0 Å². The zero-order chi connectivity index (χ0) is 17.3. The Morgan fingerprint density at radius 1 is 1.38 bits per heavy atom. The van der Waals surface area contributed by atoms with Crippen LogP contribution in [0.25, 0.3) is 10.9 Å². The molecule has 130 valence electrons. The van der Waals surface area contributed by atoms with Gasteiger partial charge >= 0.3 is 6.03 Å². The van der Waals surface area contributed by atoms with Crippen LogP contribution in [0.1, 0.15) is 17.7 Å². The van der Waals surface area contributed by atoms with E-state index in [1.165, 1.54) is 11.8 Å². The second kappa shape index (κ2) is 6.81. The molecule has 1 aliphatic heterocycles. The lowest BCUT2D eigenvalue weighted by molar-refractivity contribution is 0.194. The average molecular weight is 332 g/mol. The highest BCUT2D eigenvalue weighted by Crippen LogP contribution is 2.31. The fourth-order valence-electron chi connectivity index (χ4n) is 3.55. The predicted octanol–water partition coefficient (Wildman–Crippen LogP) is 2.43. The van der Waals surface area contributed by atoms with E-state index in [-0.39, 0.29) is 11.8 Å². The predicted molar refractivity (Wildman–Crippen MR) is 93.6 cm³/mol. The molecule has 24 heavy (non-hydrogen) atoms. The van der Waals surface area contributed by atoms with E-state index >= 15 is 0 Å². The lowest BCUT2D eigenvalue weighted by Gasteiger charge is -2.28. The Balaban J connectivity index is 1.99. The highest BCUT2D eigenvalue weighted by atomic mass is 19.1. The number of urea groups is 1. The molecule has 1 aromatic heterocycles. The van der Waals surface area contributed by atoms with Crippen LogP contribution in [0.4, 0.5) is 9.18 Å². The number of aromatic nitrogens is 1. The third-order valence-corrected chi connectivity index (χ3v) is 4.70. The Bertz CT molecular complexity index is 753. The van der Waals surface area contributed by atoms with E-state index in [1.54, 1.807) is 18.0 Å². The highest BCUT2D eigenvalue weighted by molar-refractivity contribution is 5.87. The molecule has 1 aliphatic rings. The zero-order valence-corrected chi connectivity index (χ0v) is 14.6. The van der Waals surface area contributed by atoms with Crippen LogP contribution in [-0.2, 0) is 19.5 Å². The third-order valence-electron chi connectivity index (χ3n) is 4.70. The summed E-state index contributed by atoms with van der Waals surface area (Å²) in [6.07, 6.45) is 1.85. The number of benzene rings is 1. The molecule has 0 saturated heterocycles. The van der Waals surface area contributed by atoms with Crippen molar-refractivity contribution >= 4 is 16.9 Å². The lowest BCUT2D eigenvalue weighted by Crippen LogP contribution is -2.41. The molecule has 2 aromatic rings. The van der Waals surface area contributed by atoms with Gasteiger partial charge in [-0.1, -0.05) is 0 Å². The molecule has 2 heterocycles. The van der Waals surface area contributed by atoms with Crippen molar-refractivity contribution in [1.29, 1.82) is 0 Å². The molecule has 0 saturated carbocycles. The third kappa shape index (κ3) is 3.11. The number of fused-ring (bicyclic) bond motifs is 3. The summed E-state index contributed by atoms with van der Waals surface area (Å²) < 4.78 is 16.1. The van der Waals surface area contributed by atoms with Gasteiger partial charge in [0.2, 0.25) is 0 Å². The van der Waals surface area contributed by atoms with Crippen LogP contribution in [-0.4, -0.2) is 54.6 Å². The van der Waals surface area contributed by atoms with E-state index < -0.39 is 0 Å². The monoisotopic (exact) mass is 332 g/mol. The van der Waals surface area contributed by atoms with Gasteiger partial charge in [-0.15, -0.1) is 0 Å². The standard InChI is InChI=1S/C18H25FN4O/c1-20-18(24)22-10-7-17-15(12-22)14-11-13(19)5-6-16(14)23(17)9-4-8-21(2)3/h5-6,11H,4,7-10,12H2,1-3H3,(H,20,24). The maximum absolute atomic E-state index is 13.8. The molecule has 1 aromatic carbocycles. The van der Waals surface area contributed by atoms with Crippen molar-refractivity contribution in [3.05, 3.63) is 35.3 Å². The van der Waals surface area contributed by atoms with Crippen LogP contribution in [0.3, 0.4) is 0 Å². The van der Waals surface area contributed by atoms with Crippen molar-refractivity contribution in [2.45, 2.75) is 25.9 Å². The first kappa shape index (κ1) is 16.8. The van der Waals surface area contributed by atoms with E-state index in [9.17, 15) is 9.18 Å². The Hall–Kier alpha value is -2.08. The number of rotatable bonds is 4. The summed E-state index contributed by atoms with van der Waals surface area (Å²) in [5.41, 5.74) is 3.40. The molecule has 0 bridgehead atoms. The quantitative estimate of drug-likeness (QED) is 0.934. The summed E-state index contributed by atoms with van der Waals surface area (Å²) in [6, 6.07) is 4.91. The molecule has 0 atom stereocenters. The fourth-order valence-corrected chi connectivity index (χ4v) is 3.55. The molecule has 1 N–H and O–H groups in total. The summed E-state index contributed by atoms with van der Waals surface area (Å²) >= 11 is 0. The van der Waals surface area contributed by atoms with Gasteiger partial charge in [0, 0.05) is 55.3 Å². The van der Waals surface area contributed by atoms with E-state index in [0.717, 1.165) is 42.4 Å². The summed E-state index contributed by atoms with van der Waals surface area (Å²) in [6.45, 7) is 3.16. The molecule has 2 amide bonds. The van der Waals surface area contributed by atoms with Crippen LogP contribution in [0.15, 0.2) is 18.2 Å². The Kier molecular flexibility index (Phi) is 4.76. The second-order valence-electron chi connectivity index (χ2n) is 6.62.